The summed E-state index contributed by atoms with van der Waals surface area (Å²) in [5, 5.41) is 0. The van der Waals surface area contributed by atoms with Gasteiger partial charge in [-0.3, -0.25) is 0 Å². The molecule has 0 radical (unpaired) electrons. The molecule has 0 heterocycles. The monoisotopic (exact) mass is 262 g/mol. The summed E-state index contributed by atoms with van der Waals surface area (Å²) in [5.74, 6) is 0.530. The van der Waals surface area contributed by atoms with Gasteiger partial charge in [0.05, 0.1) is 0 Å². The van der Waals surface area contributed by atoms with E-state index in [0.717, 1.165) is 6.54 Å². The van der Waals surface area contributed by atoms with Gasteiger partial charge in [-0.25, -0.2) is 0 Å². The van der Waals surface area contributed by atoms with Crippen molar-refractivity contribution < 1.29 is 0 Å². The smallest absolute Gasteiger partial charge is 0.0455 e. The van der Waals surface area contributed by atoms with Crippen LogP contribution < -0.4 is 5.73 Å². The normalized spacial score (nSPS) is 15.8. The number of hydrogen-bond acceptors (Lipinski definition) is 2. The van der Waals surface area contributed by atoms with Gasteiger partial charge in [-0.05, 0) is 23.9 Å². The van der Waals surface area contributed by atoms with E-state index in [1.165, 1.54) is 5.56 Å². The van der Waals surface area contributed by atoms with Crippen molar-refractivity contribution >= 4 is 0 Å². The molecule has 0 fully saturated rings. The molecule has 108 valence electrons. The highest BCUT2D eigenvalue weighted by Gasteiger charge is 2.28. The van der Waals surface area contributed by atoms with Crippen molar-refractivity contribution in [3.05, 3.63) is 35.9 Å². The third kappa shape index (κ3) is 4.96. The number of likely N-dealkylation sites (N-methyl/N-ethyl adjacent to an activating group) is 1. The number of nitrogens with two attached hydrogens (primary N) is 1. The van der Waals surface area contributed by atoms with Crippen molar-refractivity contribution in [2.75, 3.05) is 13.6 Å². The van der Waals surface area contributed by atoms with E-state index in [-0.39, 0.29) is 11.5 Å². The van der Waals surface area contributed by atoms with Crippen LogP contribution in [0.5, 0.6) is 0 Å². The van der Waals surface area contributed by atoms with Crippen LogP contribution in [0.4, 0.5) is 0 Å². The van der Waals surface area contributed by atoms with Crippen molar-refractivity contribution in [1.82, 2.24) is 4.90 Å². The van der Waals surface area contributed by atoms with Crippen molar-refractivity contribution in [1.29, 1.82) is 0 Å². The van der Waals surface area contributed by atoms with Gasteiger partial charge >= 0.3 is 0 Å². The topological polar surface area (TPSA) is 29.3 Å². The number of nitrogens with zero attached hydrogens (tertiary/aromatic N) is 1. The Morgan fingerprint density at radius 2 is 1.63 bits per heavy atom. The Morgan fingerprint density at radius 3 is 2.05 bits per heavy atom. The van der Waals surface area contributed by atoms with Gasteiger partial charge in [0.1, 0.15) is 0 Å². The Balaban J connectivity index is 2.89. The van der Waals surface area contributed by atoms with Crippen LogP contribution in [0, 0.1) is 11.3 Å². The molecule has 1 rings (SSSR count). The highest BCUT2D eigenvalue weighted by atomic mass is 15.2. The fraction of sp³-hybridized carbons (Fsp3) is 0.647. The van der Waals surface area contributed by atoms with Crippen LogP contribution in [0.1, 0.15) is 46.2 Å². The second-order valence-corrected chi connectivity index (χ2v) is 7.15. The summed E-state index contributed by atoms with van der Waals surface area (Å²) in [7, 11) is 2.19. The Hall–Kier alpha value is -0.860. The number of rotatable bonds is 5. The van der Waals surface area contributed by atoms with Crippen LogP contribution in [-0.4, -0.2) is 24.5 Å². The Kier molecular flexibility index (Phi) is 5.57. The van der Waals surface area contributed by atoms with Crippen LogP contribution in [0.2, 0.25) is 0 Å². The quantitative estimate of drug-likeness (QED) is 0.877. The minimum absolute atomic E-state index is 0.0635. The first kappa shape index (κ1) is 16.2. The molecule has 0 aromatic heterocycles. The molecule has 0 aliphatic rings. The summed E-state index contributed by atoms with van der Waals surface area (Å²) in [4.78, 5) is 2.42. The predicted molar refractivity (Wildman–Crippen MR) is 84.1 cm³/mol. The summed E-state index contributed by atoms with van der Waals surface area (Å²) in [6.07, 6.45) is 0. The van der Waals surface area contributed by atoms with E-state index >= 15 is 0 Å². The highest BCUT2D eigenvalue weighted by molar-refractivity contribution is 5.20. The van der Waals surface area contributed by atoms with Crippen LogP contribution in [0.25, 0.3) is 0 Å². The Bertz CT molecular complexity index is 365. The lowest BCUT2D eigenvalue weighted by molar-refractivity contribution is 0.119. The summed E-state index contributed by atoms with van der Waals surface area (Å²) < 4.78 is 0. The third-order valence-corrected chi connectivity index (χ3v) is 3.47. The van der Waals surface area contributed by atoms with Gasteiger partial charge in [-0.15, -0.1) is 0 Å². The third-order valence-electron chi connectivity index (χ3n) is 3.47. The van der Waals surface area contributed by atoms with Crippen LogP contribution in [0.3, 0.4) is 0 Å². The average Bonchev–Trinajstić information content (AvgIpc) is 2.27. The molecule has 2 unspecified atom stereocenters. The lowest BCUT2D eigenvalue weighted by Gasteiger charge is -2.39. The van der Waals surface area contributed by atoms with Gasteiger partial charge in [-0.1, -0.05) is 65.0 Å². The molecule has 0 saturated heterocycles. The number of hydrogen-bond donors (Lipinski definition) is 1. The zero-order valence-electron chi connectivity index (χ0n) is 13.4. The van der Waals surface area contributed by atoms with Gasteiger partial charge in [0.25, 0.3) is 0 Å². The first-order valence-corrected chi connectivity index (χ1v) is 7.23. The molecule has 2 nitrogen and oxygen atoms in total. The standard InChI is InChI=1S/C17H30N2/c1-13(2)16(19(6)12-17(3,4)5)15(18)14-10-8-7-9-11-14/h7-11,13,15-16H,12,18H2,1-6H3. The first-order valence-electron chi connectivity index (χ1n) is 7.23. The zero-order chi connectivity index (χ0) is 14.6. The zero-order valence-corrected chi connectivity index (χ0v) is 13.4. The maximum absolute atomic E-state index is 6.52. The molecule has 0 aliphatic heterocycles. The van der Waals surface area contributed by atoms with Gasteiger partial charge < -0.3 is 10.6 Å². The SMILES string of the molecule is CC(C)C(C(N)c1ccccc1)N(C)CC(C)(C)C. The summed E-state index contributed by atoms with van der Waals surface area (Å²) >= 11 is 0. The van der Waals surface area contributed by atoms with Crippen LogP contribution in [-0.2, 0) is 0 Å². The summed E-state index contributed by atoms with van der Waals surface area (Å²) in [5.41, 5.74) is 8.03. The second-order valence-electron chi connectivity index (χ2n) is 7.15. The van der Waals surface area contributed by atoms with E-state index < -0.39 is 0 Å². The van der Waals surface area contributed by atoms with Crippen molar-refractivity contribution in [3.8, 4) is 0 Å². The molecule has 0 bridgehead atoms. The second kappa shape index (κ2) is 6.53. The van der Waals surface area contributed by atoms with Crippen LogP contribution >= 0.6 is 0 Å². The summed E-state index contributed by atoms with van der Waals surface area (Å²) in [6, 6.07) is 10.9. The van der Waals surface area contributed by atoms with E-state index in [0.29, 0.717) is 12.0 Å². The van der Waals surface area contributed by atoms with Gasteiger partial charge in [0, 0.05) is 18.6 Å². The molecule has 19 heavy (non-hydrogen) atoms. The van der Waals surface area contributed by atoms with Crippen molar-refractivity contribution in [2.45, 2.75) is 46.7 Å². The van der Waals surface area contributed by atoms with E-state index in [1.807, 2.05) is 6.07 Å². The maximum atomic E-state index is 6.52. The van der Waals surface area contributed by atoms with Crippen LogP contribution in [0.15, 0.2) is 30.3 Å². The molecule has 1 aromatic rings. The van der Waals surface area contributed by atoms with Gasteiger partial charge in [-0.2, -0.15) is 0 Å². The highest BCUT2D eigenvalue weighted by Crippen LogP contribution is 2.26. The largest absolute Gasteiger partial charge is 0.323 e. The van der Waals surface area contributed by atoms with Crippen molar-refractivity contribution in [3.63, 3.8) is 0 Å². The fourth-order valence-corrected chi connectivity index (χ4v) is 2.92. The molecule has 2 atom stereocenters. The summed E-state index contributed by atoms with van der Waals surface area (Å²) in [6.45, 7) is 12.4. The molecule has 1 aromatic carbocycles. The lowest BCUT2D eigenvalue weighted by atomic mass is 9.88. The molecule has 0 amide bonds. The molecule has 2 N–H and O–H groups in total. The Labute approximate surface area is 119 Å². The van der Waals surface area contributed by atoms with E-state index in [1.54, 1.807) is 0 Å². The van der Waals surface area contributed by atoms with Gasteiger partial charge in [0.15, 0.2) is 0 Å². The average molecular weight is 262 g/mol. The van der Waals surface area contributed by atoms with E-state index in [2.05, 4.69) is 70.8 Å². The molecule has 2 heteroatoms. The van der Waals surface area contributed by atoms with Crippen molar-refractivity contribution in [2.24, 2.45) is 17.1 Å². The molecule has 0 aliphatic carbocycles. The first-order chi connectivity index (χ1) is 8.72. The fourth-order valence-electron chi connectivity index (χ4n) is 2.92. The maximum Gasteiger partial charge on any atom is 0.0455 e. The van der Waals surface area contributed by atoms with E-state index in [9.17, 15) is 0 Å². The molecule has 0 saturated carbocycles. The molecule has 0 spiro atoms. The minimum Gasteiger partial charge on any atom is -0.323 e. The molecular weight excluding hydrogens is 232 g/mol. The molecular formula is C17H30N2. The Morgan fingerprint density at radius 1 is 1.11 bits per heavy atom. The predicted octanol–water partition coefficient (Wildman–Crippen LogP) is 3.69. The van der Waals surface area contributed by atoms with Gasteiger partial charge in [0.2, 0.25) is 0 Å². The minimum atomic E-state index is 0.0635. The number of benzene rings is 1. The van der Waals surface area contributed by atoms with E-state index in [4.69, 9.17) is 5.73 Å². The lowest BCUT2D eigenvalue weighted by Crippen LogP contribution is -2.47.